The molecule has 0 saturated heterocycles. The van der Waals surface area contributed by atoms with Crippen LogP contribution in [0.15, 0.2) is 35.7 Å². The Labute approximate surface area is 154 Å². The molecule has 134 valence electrons. The van der Waals surface area contributed by atoms with E-state index >= 15 is 0 Å². The van der Waals surface area contributed by atoms with Gasteiger partial charge in [0.25, 0.3) is 11.8 Å². The van der Waals surface area contributed by atoms with E-state index in [1.165, 1.54) is 13.0 Å². The van der Waals surface area contributed by atoms with Crippen molar-refractivity contribution in [3.63, 3.8) is 0 Å². The Morgan fingerprint density at radius 3 is 2.58 bits per heavy atom. The van der Waals surface area contributed by atoms with Crippen LogP contribution in [0.2, 0.25) is 0 Å². The van der Waals surface area contributed by atoms with Gasteiger partial charge in [-0.25, -0.2) is 0 Å². The van der Waals surface area contributed by atoms with E-state index in [0.29, 0.717) is 17.0 Å². The van der Waals surface area contributed by atoms with E-state index in [-0.39, 0.29) is 12.0 Å². The molecule has 0 aliphatic carbocycles. The zero-order chi connectivity index (χ0) is 19.1. The lowest BCUT2D eigenvalue weighted by Crippen LogP contribution is -2.30. The molecular weight excluding hydrogens is 354 g/mol. The highest BCUT2D eigenvalue weighted by Gasteiger charge is 2.20. The van der Waals surface area contributed by atoms with Gasteiger partial charge >= 0.3 is 5.97 Å². The Kier molecular flexibility index (Phi) is 6.47. The second kappa shape index (κ2) is 8.78. The number of nitrogens with zero attached hydrogens (tertiary/aromatic N) is 1. The lowest BCUT2D eigenvalue weighted by Gasteiger charge is -2.13. The highest BCUT2D eigenvalue weighted by Crippen LogP contribution is 2.23. The molecular formula is C18H17N3O4S. The van der Waals surface area contributed by atoms with Crippen LogP contribution in [0.25, 0.3) is 0 Å². The first-order chi connectivity index (χ1) is 12.4. The van der Waals surface area contributed by atoms with Gasteiger partial charge in [-0.15, -0.1) is 11.3 Å². The highest BCUT2D eigenvalue weighted by atomic mass is 32.1. The Morgan fingerprint density at radius 2 is 1.96 bits per heavy atom. The number of nitrogens with two attached hydrogens (primary N) is 1. The smallest absolute Gasteiger partial charge is 0.306 e. The molecule has 3 N–H and O–H groups in total. The van der Waals surface area contributed by atoms with Crippen molar-refractivity contribution in [3.05, 3.63) is 52.4 Å². The summed E-state index contributed by atoms with van der Waals surface area (Å²) in [5, 5.41) is 13.2. The number of amides is 2. The molecule has 0 fully saturated rings. The normalized spacial score (nSPS) is 11.2. The average molecular weight is 371 g/mol. The minimum Gasteiger partial charge on any atom is -0.453 e. The van der Waals surface area contributed by atoms with E-state index in [1.807, 2.05) is 6.07 Å². The van der Waals surface area contributed by atoms with E-state index in [4.69, 9.17) is 15.7 Å². The van der Waals surface area contributed by atoms with Gasteiger partial charge in [-0.1, -0.05) is 12.1 Å². The van der Waals surface area contributed by atoms with Crippen molar-refractivity contribution in [2.24, 2.45) is 5.73 Å². The van der Waals surface area contributed by atoms with Crippen molar-refractivity contribution in [1.82, 2.24) is 0 Å². The average Bonchev–Trinajstić information content (AvgIpc) is 3.08. The number of esters is 1. The minimum absolute atomic E-state index is 0.106. The van der Waals surface area contributed by atoms with Gasteiger partial charge in [0.1, 0.15) is 5.00 Å². The van der Waals surface area contributed by atoms with Crippen LogP contribution in [0.3, 0.4) is 0 Å². The van der Waals surface area contributed by atoms with Gasteiger partial charge in [-0.3, -0.25) is 14.4 Å². The quantitative estimate of drug-likeness (QED) is 0.723. The lowest BCUT2D eigenvalue weighted by atomic mass is 10.1. The molecule has 0 aliphatic rings. The van der Waals surface area contributed by atoms with Crippen molar-refractivity contribution in [3.8, 4) is 6.07 Å². The number of hydrogen-bond acceptors (Lipinski definition) is 6. The second-order valence-corrected chi connectivity index (χ2v) is 6.37. The number of primary amides is 1. The maximum Gasteiger partial charge on any atom is 0.306 e. The van der Waals surface area contributed by atoms with E-state index in [9.17, 15) is 14.4 Å². The van der Waals surface area contributed by atoms with Crippen LogP contribution in [0, 0.1) is 11.3 Å². The largest absolute Gasteiger partial charge is 0.453 e. The lowest BCUT2D eigenvalue weighted by molar-refractivity contribution is -0.153. The Balaban J connectivity index is 1.83. The summed E-state index contributed by atoms with van der Waals surface area (Å²) in [5.74, 6) is -1.70. The van der Waals surface area contributed by atoms with Crippen molar-refractivity contribution in [2.75, 3.05) is 5.32 Å². The third-order valence-corrected chi connectivity index (χ3v) is 4.38. The van der Waals surface area contributed by atoms with Crippen molar-refractivity contribution < 1.29 is 19.1 Å². The highest BCUT2D eigenvalue weighted by molar-refractivity contribution is 7.14. The van der Waals surface area contributed by atoms with Crippen LogP contribution < -0.4 is 11.1 Å². The van der Waals surface area contributed by atoms with Crippen LogP contribution in [-0.2, 0) is 20.7 Å². The summed E-state index contributed by atoms with van der Waals surface area (Å²) in [6.07, 6.45) is -0.462. The van der Waals surface area contributed by atoms with E-state index in [0.717, 1.165) is 16.9 Å². The maximum atomic E-state index is 12.1. The molecule has 1 unspecified atom stereocenters. The van der Waals surface area contributed by atoms with Gasteiger partial charge in [0.15, 0.2) is 6.10 Å². The van der Waals surface area contributed by atoms with Crippen molar-refractivity contribution >= 4 is 34.1 Å². The molecule has 2 rings (SSSR count). The molecule has 1 aromatic carbocycles. The number of aryl methyl sites for hydroxylation is 1. The molecule has 7 nitrogen and oxygen atoms in total. The van der Waals surface area contributed by atoms with Gasteiger partial charge in [0, 0.05) is 6.42 Å². The number of ether oxygens (including phenoxy) is 1. The number of anilines is 1. The zero-order valence-electron chi connectivity index (χ0n) is 14.0. The molecule has 0 bridgehead atoms. The molecule has 1 heterocycles. The minimum atomic E-state index is -1.01. The maximum absolute atomic E-state index is 12.1. The monoisotopic (exact) mass is 371 g/mol. The fourth-order valence-corrected chi connectivity index (χ4v) is 2.91. The summed E-state index contributed by atoms with van der Waals surface area (Å²) in [6, 6.07) is 10.4. The second-order valence-electron chi connectivity index (χ2n) is 5.46. The fraction of sp³-hybridized carbons (Fsp3) is 0.222. The predicted octanol–water partition coefficient (Wildman–Crippen LogP) is 2.22. The summed E-state index contributed by atoms with van der Waals surface area (Å²) < 4.78 is 5.11. The first-order valence-corrected chi connectivity index (χ1v) is 8.65. The van der Waals surface area contributed by atoms with Crippen molar-refractivity contribution in [2.45, 2.75) is 25.9 Å². The number of rotatable bonds is 7. The molecule has 0 aliphatic heterocycles. The first-order valence-electron chi connectivity index (χ1n) is 7.77. The number of nitrogens with one attached hydrogen (secondary N) is 1. The van der Waals surface area contributed by atoms with Crippen LogP contribution in [0.1, 0.15) is 34.8 Å². The Morgan fingerprint density at radius 1 is 1.27 bits per heavy atom. The number of hydrogen-bond donors (Lipinski definition) is 2. The molecule has 1 aromatic heterocycles. The van der Waals surface area contributed by atoms with Crippen LogP contribution >= 0.6 is 11.3 Å². The summed E-state index contributed by atoms with van der Waals surface area (Å²) in [7, 11) is 0. The molecule has 0 spiro atoms. The molecule has 1 atom stereocenters. The summed E-state index contributed by atoms with van der Waals surface area (Å²) in [5.41, 5.74) is 6.87. The number of nitriles is 1. The van der Waals surface area contributed by atoms with Crippen molar-refractivity contribution in [1.29, 1.82) is 5.26 Å². The molecule has 0 saturated carbocycles. The third-order valence-electron chi connectivity index (χ3n) is 3.55. The van der Waals surface area contributed by atoms with Crippen LogP contribution in [0.4, 0.5) is 5.00 Å². The van der Waals surface area contributed by atoms with Crippen LogP contribution in [0.5, 0.6) is 0 Å². The number of carbonyl (C=O) groups excluding carboxylic acids is 3. The SMILES string of the molecule is CC(OC(=O)CCc1ccc(C#N)cc1)C(=O)Nc1sccc1C(N)=O. The van der Waals surface area contributed by atoms with E-state index < -0.39 is 23.9 Å². The Bertz CT molecular complexity index is 852. The van der Waals surface area contributed by atoms with Gasteiger partial charge in [0.2, 0.25) is 0 Å². The molecule has 8 heteroatoms. The number of benzene rings is 1. The molecule has 2 amide bonds. The van der Waals surface area contributed by atoms with Crippen LogP contribution in [-0.4, -0.2) is 23.9 Å². The van der Waals surface area contributed by atoms with Gasteiger partial charge in [0.05, 0.1) is 17.2 Å². The number of carbonyl (C=O) groups is 3. The van der Waals surface area contributed by atoms with Gasteiger partial charge in [-0.05, 0) is 42.5 Å². The van der Waals surface area contributed by atoms with E-state index in [1.54, 1.807) is 29.6 Å². The standard InChI is InChI=1S/C18H17N3O4S/c1-11(17(24)21-18-14(16(20)23)8-9-26-18)25-15(22)7-6-12-2-4-13(10-19)5-3-12/h2-5,8-9,11H,6-7H2,1H3,(H2,20,23)(H,21,24). The zero-order valence-corrected chi connectivity index (χ0v) is 14.8. The van der Waals surface area contributed by atoms with E-state index in [2.05, 4.69) is 5.32 Å². The third kappa shape index (κ3) is 5.16. The topological polar surface area (TPSA) is 122 Å². The Hall–Kier alpha value is -3.18. The molecule has 0 radical (unpaired) electrons. The fourth-order valence-electron chi connectivity index (χ4n) is 2.12. The summed E-state index contributed by atoms with van der Waals surface area (Å²) in [6.45, 7) is 1.45. The molecule has 2 aromatic rings. The first kappa shape index (κ1) is 19.1. The summed E-state index contributed by atoms with van der Waals surface area (Å²) >= 11 is 1.16. The number of thiophene rings is 1. The summed E-state index contributed by atoms with van der Waals surface area (Å²) in [4.78, 5) is 35.3. The van der Waals surface area contributed by atoms with Gasteiger partial charge < -0.3 is 15.8 Å². The van der Waals surface area contributed by atoms with Gasteiger partial charge in [-0.2, -0.15) is 5.26 Å². The molecule has 26 heavy (non-hydrogen) atoms. The predicted molar refractivity (Wildman–Crippen MR) is 96.5 cm³/mol.